The standard InChI is InChI=1S/C8H12ClN3O4S2/c1-5-7(18(9,15)16)6(12-11-5)8(13)10-3-4-17(2)14/h3-4H2,1-2H3,(H,10,13)(H,11,12). The lowest BCUT2D eigenvalue weighted by molar-refractivity contribution is 0.0948. The van der Waals surface area contributed by atoms with Gasteiger partial charge in [0.1, 0.15) is 4.90 Å². The number of aromatic amines is 1. The molecule has 0 spiro atoms. The summed E-state index contributed by atoms with van der Waals surface area (Å²) in [4.78, 5) is 11.4. The molecule has 1 aromatic rings. The fourth-order valence-corrected chi connectivity index (χ4v) is 3.00. The van der Waals surface area contributed by atoms with Gasteiger partial charge in [-0.2, -0.15) is 5.10 Å². The molecule has 0 aliphatic heterocycles. The monoisotopic (exact) mass is 313 g/mol. The maximum absolute atomic E-state index is 11.7. The summed E-state index contributed by atoms with van der Waals surface area (Å²) in [5.41, 5.74) is -0.0985. The molecule has 10 heteroatoms. The van der Waals surface area contributed by atoms with Crippen molar-refractivity contribution in [2.45, 2.75) is 11.8 Å². The third kappa shape index (κ3) is 3.79. The van der Waals surface area contributed by atoms with Crippen molar-refractivity contribution in [2.24, 2.45) is 0 Å². The maximum atomic E-state index is 11.7. The van der Waals surface area contributed by atoms with Gasteiger partial charge in [-0.25, -0.2) is 8.42 Å². The van der Waals surface area contributed by atoms with Crippen LogP contribution in [0.3, 0.4) is 0 Å². The van der Waals surface area contributed by atoms with Crippen LogP contribution in [0.4, 0.5) is 0 Å². The number of hydrogen-bond donors (Lipinski definition) is 2. The lowest BCUT2D eigenvalue weighted by atomic mass is 10.3. The molecule has 0 saturated carbocycles. The van der Waals surface area contributed by atoms with E-state index in [1.54, 1.807) is 0 Å². The van der Waals surface area contributed by atoms with Gasteiger partial charge in [0.15, 0.2) is 5.69 Å². The first-order valence-electron chi connectivity index (χ1n) is 4.81. The Kier molecular flexibility index (Phi) is 4.88. The van der Waals surface area contributed by atoms with Crippen LogP contribution in [-0.2, 0) is 19.9 Å². The molecule has 1 amide bonds. The fraction of sp³-hybridized carbons (Fsp3) is 0.500. The van der Waals surface area contributed by atoms with E-state index in [1.165, 1.54) is 13.2 Å². The van der Waals surface area contributed by atoms with Gasteiger partial charge < -0.3 is 5.32 Å². The zero-order valence-corrected chi connectivity index (χ0v) is 12.1. The van der Waals surface area contributed by atoms with Crippen LogP contribution in [0.15, 0.2) is 4.90 Å². The van der Waals surface area contributed by atoms with Crippen LogP contribution >= 0.6 is 10.7 Å². The van der Waals surface area contributed by atoms with Gasteiger partial charge in [-0.1, -0.05) is 0 Å². The zero-order chi connectivity index (χ0) is 13.9. The maximum Gasteiger partial charge on any atom is 0.273 e. The molecule has 0 fully saturated rings. The fourth-order valence-electron chi connectivity index (χ4n) is 1.26. The van der Waals surface area contributed by atoms with Crippen molar-refractivity contribution in [3.05, 3.63) is 11.4 Å². The molecule has 1 aromatic heterocycles. The van der Waals surface area contributed by atoms with E-state index in [-0.39, 0.29) is 28.6 Å². The average Bonchev–Trinajstić information content (AvgIpc) is 2.58. The number of rotatable bonds is 5. The van der Waals surface area contributed by atoms with Gasteiger partial charge in [0.05, 0.1) is 5.69 Å². The molecule has 1 heterocycles. The molecule has 0 aromatic carbocycles. The van der Waals surface area contributed by atoms with E-state index in [4.69, 9.17) is 10.7 Å². The van der Waals surface area contributed by atoms with Crippen molar-refractivity contribution < 1.29 is 17.4 Å². The number of nitrogens with one attached hydrogen (secondary N) is 2. The van der Waals surface area contributed by atoms with E-state index in [9.17, 15) is 17.4 Å². The van der Waals surface area contributed by atoms with Crippen molar-refractivity contribution in [3.63, 3.8) is 0 Å². The highest BCUT2D eigenvalue weighted by molar-refractivity contribution is 8.13. The lowest BCUT2D eigenvalue weighted by Gasteiger charge is -2.02. The first kappa shape index (κ1) is 15.1. The zero-order valence-electron chi connectivity index (χ0n) is 9.69. The summed E-state index contributed by atoms with van der Waals surface area (Å²) in [6.07, 6.45) is 1.50. The number of carbonyl (C=O) groups excluding carboxylic acids is 1. The van der Waals surface area contributed by atoms with E-state index >= 15 is 0 Å². The average molecular weight is 314 g/mol. The Morgan fingerprint density at radius 3 is 2.67 bits per heavy atom. The first-order valence-corrected chi connectivity index (χ1v) is 8.85. The Morgan fingerprint density at radius 1 is 1.56 bits per heavy atom. The topological polar surface area (TPSA) is 109 Å². The van der Waals surface area contributed by atoms with Crippen LogP contribution in [0.25, 0.3) is 0 Å². The van der Waals surface area contributed by atoms with Gasteiger partial charge in [-0.3, -0.25) is 14.1 Å². The van der Waals surface area contributed by atoms with E-state index in [0.717, 1.165) is 0 Å². The summed E-state index contributed by atoms with van der Waals surface area (Å²) in [5.74, 6) is -0.401. The quantitative estimate of drug-likeness (QED) is 0.729. The van der Waals surface area contributed by atoms with E-state index in [2.05, 4.69) is 15.5 Å². The second-order valence-electron chi connectivity index (χ2n) is 3.50. The van der Waals surface area contributed by atoms with Crippen LogP contribution in [0, 0.1) is 6.92 Å². The lowest BCUT2D eigenvalue weighted by Crippen LogP contribution is -2.28. The van der Waals surface area contributed by atoms with Gasteiger partial charge in [0.2, 0.25) is 0 Å². The van der Waals surface area contributed by atoms with Crippen LogP contribution < -0.4 is 5.32 Å². The number of carbonyl (C=O) groups is 1. The minimum Gasteiger partial charge on any atom is -0.350 e. The molecule has 1 unspecified atom stereocenters. The molecule has 1 rings (SSSR count). The molecule has 0 aliphatic rings. The largest absolute Gasteiger partial charge is 0.350 e. The summed E-state index contributed by atoms with van der Waals surface area (Å²) in [5, 5.41) is 8.41. The molecule has 1 atom stereocenters. The van der Waals surface area contributed by atoms with Gasteiger partial charge in [-0.05, 0) is 6.92 Å². The second-order valence-corrected chi connectivity index (χ2v) is 7.55. The Hall–Kier alpha value is -0.930. The van der Waals surface area contributed by atoms with E-state index < -0.39 is 25.8 Å². The number of aryl methyl sites for hydroxylation is 1. The molecule has 0 bridgehead atoms. The van der Waals surface area contributed by atoms with E-state index in [0.29, 0.717) is 0 Å². The van der Waals surface area contributed by atoms with Gasteiger partial charge in [0, 0.05) is 40.0 Å². The molecule has 0 saturated heterocycles. The number of halogens is 1. The molecule has 0 aliphatic carbocycles. The van der Waals surface area contributed by atoms with Crippen LogP contribution in [0.1, 0.15) is 16.2 Å². The normalized spacial score (nSPS) is 13.3. The highest BCUT2D eigenvalue weighted by Gasteiger charge is 2.26. The van der Waals surface area contributed by atoms with E-state index in [1.807, 2.05) is 0 Å². The Labute approximate surface area is 111 Å². The van der Waals surface area contributed by atoms with Crippen molar-refractivity contribution >= 4 is 36.4 Å². The summed E-state index contributed by atoms with van der Waals surface area (Å²) in [7, 11) is 0.130. The van der Waals surface area contributed by atoms with Gasteiger partial charge >= 0.3 is 0 Å². The van der Waals surface area contributed by atoms with Crippen molar-refractivity contribution in [1.29, 1.82) is 0 Å². The predicted molar refractivity (Wildman–Crippen MR) is 67.6 cm³/mol. The Bertz CT molecular complexity index is 581. The third-order valence-corrected chi connectivity index (χ3v) is 4.25. The molecule has 7 nitrogen and oxygen atoms in total. The second kappa shape index (κ2) is 5.81. The predicted octanol–water partition coefficient (Wildman–Crippen LogP) is -0.246. The molecular weight excluding hydrogens is 302 g/mol. The number of amides is 1. The Morgan fingerprint density at radius 2 is 2.17 bits per heavy atom. The van der Waals surface area contributed by atoms with Crippen molar-refractivity contribution in [2.75, 3.05) is 18.6 Å². The minimum atomic E-state index is -4.05. The van der Waals surface area contributed by atoms with Crippen LogP contribution in [0.2, 0.25) is 0 Å². The summed E-state index contributed by atoms with van der Waals surface area (Å²) in [6.45, 7) is 1.61. The highest BCUT2D eigenvalue weighted by atomic mass is 35.7. The molecule has 2 N–H and O–H groups in total. The number of H-pyrrole nitrogens is 1. The molecule has 102 valence electrons. The van der Waals surface area contributed by atoms with Gasteiger partial charge in [0.25, 0.3) is 15.0 Å². The number of hydrogen-bond acceptors (Lipinski definition) is 5. The molecule has 0 radical (unpaired) electrons. The van der Waals surface area contributed by atoms with Crippen molar-refractivity contribution in [1.82, 2.24) is 15.5 Å². The first-order chi connectivity index (χ1) is 8.23. The number of nitrogens with zero attached hydrogens (tertiary/aromatic N) is 1. The Balaban J connectivity index is 2.91. The molecular formula is C8H12ClN3O4S2. The SMILES string of the molecule is Cc1[nH]nc(C(=O)NCCS(C)=O)c1S(=O)(=O)Cl. The number of aromatic nitrogens is 2. The summed E-state index contributed by atoms with van der Waals surface area (Å²) >= 11 is 0. The highest BCUT2D eigenvalue weighted by Crippen LogP contribution is 2.21. The summed E-state index contributed by atoms with van der Waals surface area (Å²) in [6, 6.07) is 0. The van der Waals surface area contributed by atoms with Crippen LogP contribution in [-0.4, -0.2) is 47.3 Å². The smallest absolute Gasteiger partial charge is 0.273 e. The minimum absolute atomic E-state index is 0.162. The third-order valence-electron chi connectivity index (χ3n) is 2.03. The molecule has 18 heavy (non-hydrogen) atoms. The van der Waals surface area contributed by atoms with Crippen molar-refractivity contribution in [3.8, 4) is 0 Å². The van der Waals surface area contributed by atoms with Crippen LogP contribution in [0.5, 0.6) is 0 Å². The van der Waals surface area contributed by atoms with Gasteiger partial charge in [-0.15, -0.1) is 0 Å². The summed E-state index contributed by atoms with van der Waals surface area (Å²) < 4.78 is 33.4.